The number of para-hydroxylation sites is 3. The molecule has 0 saturated carbocycles. The van der Waals surface area contributed by atoms with E-state index < -0.39 is 6.04 Å². The molecule has 0 radical (unpaired) electrons. The molecule has 2 heterocycles. The van der Waals surface area contributed by atoms with Crippen molar-refractivity contribution in [1.82, 2.24) is 4.98 Å². The van der Waals surface area contributed by atoms with Crippen LogP contribution in [0.2, 0.25) is 0 Å². The van der Waals surface area contributed by atoms with E-state index in [-0.39, 0.29) is 18.4 Å². The van der Waals surface area contributed by atoms with Gasteiger partial charge in [-0.15, -0.1) is 11.3 Å². The van der Waals surface area contributed by atoms with Crippen molar-refractivity contribution < 1.29 is 9.59 Å². The van der Waals surface area contributed by atoms with E-state index in [1.165, 1.54) is 4.90 Å². The van der Waals surface area contributed by atoms with Crippen molar-refractivity contribution in [2.24, 2.45) is 0 Å². The van der Waals surface area contributed by atoms with E-state index in [9.17, 15) is 9.59 Å². The number of benzene rings is 3. The molecule has 6 nitrogen and oxygen atoms in total. The zero-order valence-corrected chi connectivity index (χ0v) is 17.6. The highest BCUT2D eigenvalue weighted by Crippen LogP contribution is 2.32. The molecule has 31 heavy (non-hydrogen) atoms. The number of carbonyl (C=O) groups excluding carboxylic acids is 2. The fraction of sp³-hybridized carbons (Fsp3) is 0.125. The van der Waals surface area contributed by atoms with Gasteiger partial charge < -0.3 is 10.6 Å². The van der Waals surface area contributed by atoms with Crippen molar-refractivity contribution in [3.8, 4) is 10.6 Å². The van der Waals surface area contributed by atoms with Crippen molar-refractivity contribution in [2.75, 3.05) is 22.1 Å². The van der Waals surface area contributed by atoms with Crippen LogP contribution in [0.15, 0.2) is 72.8 Å². The van der Waals surface area contributed by atoms with Gasteiger partial charge in [-0.05, 0) is 43.3 Å². The van der Waals surface area contributed by atoms with Crippen molar-refractivity contribution in [1.29, 1.82) is 0 Å². The normalized spacial score (nSPS) is 14.1. The third kappa shape index (κ3) is 3.75. The summed E-state index contributed by atoms with van der Waals surface area (Å²) in [5.74, 6) is -0.357. The Balaban J connectivity index is 1.37. The Morgan fingerprint density at radius 1 is 1.10 bits per heavy atom. The summed E-state index contributed by atoms with van der Waals surface area (Å²) in [5.41, 5.74) is 4.16. The number of aromatic nitrogens is 1. The molecule has 5 rings (SSSR count). The number of rotatable bonds is 4. The predicted octanol–water partition coefficient (Wildman–Crippen LogP) is 4.75. The Morgan fingerprint density at radius 3 is 2.77 bits per heavy atom. The average Bonchev–Trinajstić information content (AvgIpc) is 3.22. The Kier molecular flexibility index (Phi) is 4.88. The maximum Gasteiger partial charge on any atom is 0.249 e. The average molecular weight is 429 g/mol. The van der Waals surface area contributed by atoms with Crippen molar-refractivity contribution in [2.45, 2.75) is 13.0 Å². The molecule has 1 atom stereocenters. The number of anilines is 3. The van der Waals surface area contributed by atoms with Gasteiger partial charge in [0.25, 0.3) is 0 Å². The van der Waals surface area contributed by atoms with Crippen LogP contribution in [0.3, 0.4) is 0 Å². The lowest BCUT2D eigenvalue weighted by atomic mass is 10.1. The number of hydrogen-bond acceptors (Lipinski definition) is 5. The highest BCUT2D eigenvalue weighted by atomic mass is 32.1. The number of carbonyl (C=O) groups is 2. The van der Waals surface area contributed by atoms with Gasteiger partial charge in [0.05, 0.1) is 21.6 Å². The molecule has 0 bridgehead atoms. The number of fused-ring (bicyclic) bond motifs is 2. The van der Waals surface area contributed by atoms with Crippen molar-refractivity contribution >= 4 is 50.4 Å². The zero-order chi connectivity index (χ0) is 21.4. The molecule has 2 N–H and O–H groups in total. The maximum absolute atomic E-state index is 13.2. The summed E-state index contributed by atoms with van der Waals surface area (Å²) in [7, 11) is 0. The molecule has 0 spiro atoms. The lowest BCUT2D eigenvalue weighted by molar-refractivity contribution is -0.122. The van der Waals surface area contributed by atoms with E-state index in [2.05, 4.69) is 16.7 Å². The predicted molar refractivity (Wildman–Crippen MR) is 126 cm³/mol. The molecule has 154 valence electrons. The van der Waals surface area contributed by atoms with Gasteiger partial charge in [-0.25, -0.2) is 4.98 Å². The van der Waals surface area contributed by atoms with E-state index in [0.29, 0.717) is 11.4 Å². The largest absolute Gasteiger partial charge is 0.374 e. The Morgan fingerprint density at radius 2 is 1.90 bits per heavy atom. The Hall–Kier alpha value is -3.71. The van der Waals surface area contributed by atoms with Gasteiger partial charge in [0.15, 0.2) is 0 Å². The summed E-state index contributed by atoms with van der Waals surface area (Å²) in [6, 6.07) is 22.8. The first-order valence-corrected chi connectivity index (χ1v) is 10.8. The Labute approximate surface area is 183 Å². The van der Waals surface area contributed by atoms with Crippen LogP contribution in [-0.2, 0) is 9.59 Å². The first kappa shape index (κ1) is 19.3. The molecule has 1 aliphatic heterocycles. The summed E-state index contributed by atoms with van der Waals surface area (Å²) in [6.45, 7) is 1.81. The van der Waals surface area contributed by atoms with Gasteiger partial charge in [-0.2, -0.15) is 0 Å². The van der Waals surface area contributed by atoms with Gasteiger partial charge >= 0.3 is 0 Å². The van der Waals surface area contributed by atoms with Crippen LogP contribution >= 0.6 is 11.3 Å². The second kappa shape index (κ2) is 7.85. The summed E-state index contributed by atoms with van der Waals surface area (Å²) in [4.78, 5) is 31.5. The Bertz CT molecular complexity index is 1270. The molecule has 0 fully saturated rings. The molecule has 2 amide bonds. The van der Waals surface area contributed by atoms with Crippen LogP contribution in [-0.4, -0.2) is 29.4 Å². The topological polar surface area (TPSA) is 74.3 Å². The molecular weight excluding hydrogens is 408 g/mol. The molecule has 3 aromatic carbocycles. The summed E-state index contributed by atoms with van der Waals surface area (Å²) >= 11 is 1.64. The van der Waals surface area contributed by atoms with Crippen LogP contribution in [0.25, 0.3) is 20.8 Å². The smallest absolute Gasteiger partial charge is 0.249 e. The van der Waals surface area contributed by atoms with Crippen LogP contribution < -0.4 is 15.5 Å². The van der Waals surface area contributed by atoms with E-state index in [1.807, 2.05) is 67.6 Å². The second-order valence-electron chi connectivity index (χ2n) is 7.42. The first-order chi connectivity index (χ1) is 15.1. The standard InChI is InChI=1S/C24H20N4O2S/c1-15(24(30)28-14-22(29)26-18-9-2-4-11-20(18)28)25-17-8-6-7-16(13-17)23-27-19-10-3-5-12-21(19)31-23/h2-13,15,25H,14H2,1H3,(H,26,29). The van der Waals surface area contributed by atoms with E-state index in [1.54, 1.807) is 17.4 Å². The molecule has 1 aromatic heterocycles. The van der Waals surface area contributed by atoms with E-state index in [0.717, 1.165) is 26.5 Å². The molecule has 0 saturated heterocycles. The van der Waals surface area contributed by atoms with Gasteiger partial charge in [-0.1, -0.05) is 36.4 Å². The molecule has 4 aromatic rings. The summed E-state index contributed by atoms with van der Waals surface area (Å²) < 4.78 is 1.14. The number of nitrogens with zero attached hydrogens (tertiary/aromatic N) is 2. The van der Waals surface area contributed by atoms with Crippen molar-refractivity contribution in [3.05, 3.63) is 72.8 Å². The van der Waals surface area contributed by atoms with Crippen LogP contribution in [0.5, 0.6) is 0 Å². The third-order valence-electron chi connectivity index (χ3n) is 5.19. The molecule has 1 unspecified atom stereocenters. The zero-order valence-electron chi connectivity index (χ0n) is 16.8. The molecule has 7 heteroatoms. The molecular formula is C24H20N4O2S. The third-order valence-corrected chi connectivity index (χ3v) is 6.28. The monoisotopic (exact) mass is 428 g/mol. The second-order valence-corrected chi connectivity index (χ2v) is 8.45. The van der Waals surface area contributed by atoms with E-state index in [4.69, 9.17) is 4.98 Å². The number of nitrogens with one attached hydrogen (secondary N) is 2. The van der Waals surface area contributed by atoms with Crippen LogP contribution in [0, 0.1) is 0 Å². The van der Waals surface area contributed by atoms with Crippen molar-refractivity contribution in [3.63, 3.8) is 0 Å². The summed E-state index contributed by atoms with van der Waals surface area (Å²) in [6.07, 6.45) is 0. The minimum Gasteiger partial charge on any atom is -0.374 e. The van der Waals surface area contributed by atoms with Gasteiger partial charge in [0, 0.05) is 11.3 Å². The van der Waals surface area contributed by atoms with Gasteiger partial charge in [-0.3, -0.25) is 14.5 Å². The maximum atomic E-state index is 13.2. The minimum atomic E-state index is -0.510. The SMILES string of the molecule is CC(Nc1cccc(-c2nc3ccccc3s2)c1)C(=O)N1CC(=O)Nc2ccccc21. The summed E-state index contributed by atoms with van der Waals surface area (Å²) in [5, 5.41) is 7.03. The van der Waals surface area contributed by atoms with Crippen LogP contribution in [0.4, 0.5) is 17.1 Å². The fourth-order valence-corrected chi connectivity index (χ4v) is 4.68. The van der Waals surface area contributed by atoms with Crippen LogP contribution in [0.1, 0.15) is 6.92 Å². The number of thiazole rings is 1. The lowest BCUT2D eigenvalue weighted by Crippen LogP contribution is -2.47. The van der Waals surface area contributed by atoms with Gasteiger partial charge in [0.2, 0.25) is 11.8 Å². The lowest BCUT2D eigenvalue weighted by Gasteiger charge is -2.31. The van der Waals surface area contributed by atoms with Gasteiger partial charge in [0.1, 0.15) is 17.6 Å². The van der Waals surface area contributed by atoms with E-state index >= 15 is 0 Å². The number of hydrogen-bond donors (Lipinski definition) is 2. The first-order valence-electron chi connectivity index (χ1n) is 10.0. The highest BCUT2D eigenvalue weighted by molar-refractivity contribution is 7.21. The molecule has 0 aliphatic carbocycles. The number of amides is 2. The minimum absolute atomic E-state index is 0.00755. The molecule has 1 aliphatic rings. The fourth-order valence-electron chi connectivity index (χ4n) is 3.71. The quantitative estimate of drug-likeness (QED) is 0.492. The highest BCUT2D eigenvalue weighted by Gasteiger charge is 2.29.